The van der Waals surface area contributed by atoms with Crippen molar-refractivity contribution in [2.24, 2.45) is 12.1 Å². The van der Waals surface area contributed by atoms with Crippen LogP contribution in [-0.2, 0) is 11.8 Å². The highest BCUT2D eigenvalue weighted by Gasteiger charge is 2.26. The zero-order valence-electron chi connectivity index (χ0n) is 11.9. The van der Waals surface area contributed by atoms with Gasteiger partial charge in [-0.15, -0.1) is 5.10 Å². The molecule has 114 valence electrons. The molecule has 0 bridgehead atoms. The molecular formula is C15H10ClN5OS. The summed E-state index contributed by atoms with van der Waals surface area (Å²) in [4.78, 5) is 12.9. The first-order valence-corrected chi connectivity index (χ1v) is 7.91. The predicted octanol–water partition coefficient (Wildman–Crippen LogP) is 2.60. The number of hydrogen-bond acceptors (Lipinski definition) is 5. The van der Waals surface area contributed by atoms with E-state index >= 15 is 0 Å². The third-order valence-corrected chi connectivity index (χ3v) is 4.64. The molecule has 1 N–H and O–H groups in total. The van der Waals surface area contributed by atoms with Gasteiger partial charge in [0.05, 0.1) is 21.7 Å². The molecule has 23 heavy (non-hydrogen) atoms. The Morgan fingerprint density at radius 2 is 2.26 bits per heavy atom. The van der Waals surface area contributed by atoms with E-state index in [4.69, 9.17) is 11.6 Å². The first kappa shape index (κ1) is 14.1. The largest absolute Gasteiger partial charge is 0.350 e. The van der Waals surface area contributed by atoms with Gasteiger partial charge in [0.2, 0.25) is 0 Å². The minimum absolute atomic E-state index is 0.252. The number of benzene rings is 1. The van der Waals surface area contributed by atoms with Crippen molar-refractivity contribution in [2.45, 2.75) is 0 Å². The molecule has 1 aliphatic heterocycles. The Labute approximate surface area is 140 Å². The fraction of sp³-hybridized carbons (Fsp3) is 0.0667. The monoisotopic (exact) mass is 343 g/mol. The molecule has 0 saturated carbocycles. The van der Waals surface area contributed by atoms with Crippen molar-refractivity contribution in [3.63, 3.8) is 0 Å². The Kier molecular flexibility index (Phi) is 3.24. The van der Waals surface area contributed by atoms with Gasteiger partial charge in [0, 0.05) is 29.7 Å². The van der Waals surface area contributed by atoms with Gasteiger partial charge < -0.3 is 4.57 Å². The summed E-state index contributed by atoms with van der Waals surface area (Å²) in [5.41, 5.74) is 5.38. The second kappa shape index (κ2) is 5.29. The Bertz CT molecular complexity index is 987. The predicted molar refractivity (Wildman–Crippen MR) is 90.5 cm³/mol. The minimum Gasteiger partial charge on any atom is -0.350 e. The summed E-state index contributed by atoms with van der Waals surface area (Å²) in [6.07, 6.45) is 5.33. The van der Waals surface area contributed by atoms with Crippen LogP contribution in [0.1, 0.15) is 10.4 Å². The summed E-state index contributed by atoms with van der Waals surface area (Å²) in [6.45, 7) is 0. The first-order valence-electron chi connectivity index (χ1n) is 6.76. The van der Waals surface area contributed by atoms with Gasteiger partial charge in [0.1, 0.15) is 5.71 Å². The molecule has 4 rings (SSSR count). The molecule has 1 amide bonds. The van der Waals surface area contributed by atoms with Gasteiger partial charge in [-0.2, -0.15) is 5.10 Å². The first-order chi connectivity index (χ1) is 11.1. The number of aryl methyl sites for hydroxylation is 1. The Morgan fingerprint density at radius 1 is 1.39 bits per heavy atom. The van der Waals surface area contributed by atoms with Gasteiger partial charge in [-0.3, -0.25) is 4.79 Å². The van der Waals surface area contributed by atoms with Crippen LogP contribution >= 0.6 is 23.1 Å². The van der Waals surface area contributed by atoms with Crippen LogP contribution in [-0.4, -0.2) is 25.8 Å². The molecule has 0 saturated heterocycles. The normalized spacial score (nSPS) is 16.2. The number of rotatable bonds is 2. The highest BCUT2D eigenvalue weighted by molar-refractivity contribution is 7.08. The number of aromatic nitrogens is 3. The summed E-state index contributed by atoms with van der Waals surface area (Å²) in [5, 5.41) is 9.44. The fourth-order valence-corrected chi connectivity index (χ4v) is 3.43. The van der Waals surface area contributed by atoms with Crippen molar-refractivity contribution in [2.75, 3.05) is 0 Å². The number of amides is 1. The van der Waals surface area contributed by atoms with Crippen molar-refractivity contribution in [3.05, 3.63) is 51.6 Å². The summed E-state index contributed by atoms with van der Waals surface area (Å²) >= 11 is 7.53. The zero-order chi connectivity index (χ0) is 16.0. The highest BCUT2D eigenvalue weighted by atomic mass is 35.5. The van der Waals surface area contributed by atoms with E-state index in [0.717, 1.165) is 21.3 Å². The van der Waals surface area contributed by atoms with Gasteiger partial charge in [-0.1, -0.05) is 22.2 Å². The molecule has 1 aromatic carbocycles. The zero-order valence-corrected chi connectivity index (χ0v) is 13.5. The number of hydrogen-bond donors (Lipinski definition) is 1. The van der Waals surface area contributed by atoms with E-state index in [1.165, 1.54) is 11.5 Å². The maximum absolute atomic E-state index is 12.1. The van der Waals surface area contributed by atoms with E-state index in [-0.39, 0.29) is 5.91 Å². The summed E-state index contributed by atoms with van der Waals surface area (Å²) in [5.74, 6) is -0.252. The topological polar surface area (TPSA) is 72.2 Å². The molecule has 0 atom stereocenters. The molecule has 6 nitrogen and oxygen atoms in total. The lowest BCUT2D eigenvalue weighted by Crippen LogP contribution is -2.13. The molecule has 0 unspecified atom stereocenters. The van der Waals surface area contributed by atoms with E-state index in [1.807, 2.05) is 36.0 Å². The summed E-state index contributed by atoms with van der Waals surface area (Å²) in [7, 11) is 1.94. The number of nitrogens with zero attached hydrogens (tertiary/aromatic N) is 4. The average molecular weight is 344 g/mol. The highest BCUT2D eigenvalue weighted by Crippen LogP contribution is 2.30. The lowest BCUT2D eigenvalue weighted by Gasteiger charge is -1.99. The number of hydrazone groups is 1. The second-order valence-electron chi connectivity index (χ2n) is 5.07. The number of carbonyl (C=O) groups excluding carboxylic acids is 1. The molecule has 3 heterocycles. The number of carbonyl (C=O) groups is 1. The van der Waals surface area contributed by atoms with E-state index < -0.39 is 0 Å². The van der Waals surface area contributed by atoms with E-state index in [2.05, 4.69) is 20.1 Å². The van der Waals surface area contributed by atoms with Crippen LogP contribution in [0.5, 0.6) is 0 Å². The fourth-order valence-electron chi connectivity index (χ4n) is 2.63. The number of fused-ring (bicyclic) bond motifs is 1. The quantitative estimate of drug-likeness (QED) is 0.727. The van der Waals surface area contributed by atoms with E-state index in [1.54, 1.807) is 12.3 Å². The van der Waals surface area contributed by atoms with Gasteiger partial charge >= 0.3 is 0 Å². The van der Waals surface area contributed by atoms with Gasteiger partial charge in [-0.05, 0) is 29.7 Å². The van der Waals surface area contributed by atoms with E-state index in [0.29, 0.717) is 16.3 Å². The van der Waals surface area contributed by atoms with Crippen molar-refractivity contribution in [3.8, 4) is 0 Å². The second-order valence-corrected chi connectivity index (χ2v) is 6.26. The smallest absolute Gasteiger partial charge is 0.273 e. The molecule has 3 aromatic rings. The Morgan fingerprint density at radius 3 is 3.04 bits per heavy atom. The summed E-state index contributed by atoms with van der Waals surface area (Å²) in [6, 6.07) is 5.72. The molecule has 0 fully saturated rings. The molecule has 0 radical (unpaired) electrons. The van der Waals surface area contributed by atoms with Gasteiger partial charge in [-0.25, -0.2) is 5.43 Å². The van der Waals surface area contributed by atoms with E-state index in [9.17, 15) is 4.79 Å². The Hall–Kier alpha value is -2.51. The molecule has 0 spiro atoms. The van der Waals surface area contributed by atoms with Crippen LogP contribution in [0, 0.1) is 0 Å². The van der Waals surface area contributed by atoms with Crippen LogP contribution in [0.15, 0.2) is 41.3 Å². The molecule has 8 heteroatoms. The van der Waals surface area contributed by atoms with Crippen LogP contribution < -0.4 is 5.43 Å². The van der Waals surface area contributed by atoms with Crippen LogP contribution in [0.3, 0.4) is 0 Å². The third kappa shape index (κ3) is 2.25. The van der Waals surface area contributed by atoms with Crippen LogP contribution in [0.2, 0.25) is 5.02 Å². The van der Waals surface area contributed by atoms with Gasteiger partial charge in [0.15, 0.2) is 0 Å². The number of halogens is 1. The lowest BCUT2D eigenvalue weighted by molar-refractivity contribution is -0.116. The van der Waals surface area contributed by atoms with Crippen molar-refractivity contribution < 1.29 is 4.79 Å². The molecule has 2 aromatic heterocycles. The molecule has 0 aliphatic carbocycles. The third-order valence-electron chi connectivity index (χ3n) is 3.66. The maximum Gasteiger partial charge on any atom is 0.273 e. The average Bonchev–Trinajstić information content (AvgIpc) is 3.23. The molecular weight excluding hydrogens is 334 g/mol. The van der Waals surface area contributed by atoms with Gasteiger partial charge in [0.25, 0.3) is 5.91 Å². The van der Waals surface area contributed by atoms with Crippen molar-refractivity contribution >= 4 is 51.7 Å². The van der Waals surface area contributed by atoms with Crippen LogP contribution in [0.4, 0.5) is 0 Å². The summed E-state index contributed by atoms with van der Waals surface area (Å²) < 4.78 is 5.80. The van der Waals surface area contributed by atoms with Crippen LogP contribution in [0.25, 0.3) is 17.0 Å². The maximum atomic E-state index is 12.1. The minimum atomic E-state index is -0.252. The standard InChI is InChI=1S/C15H10ClN5OS/c1-21-7-8(13-10(16)3-2-4-11(13)21)5-9-14(18-19-15(9)22)12-6-17-20-23-12/h2-7H,1H3,(H,19,22)/b9-5-. The number of nitrogens with one attached hydrogen (secondary N) is 1. The SMILES string of the molecule is Cn1cc(/C=C2\C(=O)NN=C2c2cnns2)c2c(Cl)cccc21. The Balaban J connectivity index is 1.90. The van der Waals surface area contributed by atoms with Crippen molar-refractivity contribution in [1.82, 2.24) is 19.6 Å². The molecule has 1 aliphatic rings. The lowest BCUT2D eigenvalue weighted by atomic mass is 10.1. The van der Waals surface area contributed by atoms with Crippen molar-refractivity contribution in [1.29, 1.82) is 0 Å².